The highest BCUT2D eigenvalue weighted by Crippen LogP contribution is 2.39. The Morgan fingerprint density at radius 1 is 1.56 bits per heavy atom. The van der Waals surface area contributed by atoms with Crippen LogP contribution in [-0.4, -0.2) is 18.1 Å². The first-order valence-electron chi connectivity index (χ1n) is 4.54. The van der Waals surface area contributed by atoms with Crippen molar-refractivity contribution in [3.05, 3.63) is 27.9 Å². The lowest BCUT2D eigenvalue weighted by Gasteiger charge is -2.13. The average molecular weight is 325 g/mol. The van der Waals surface area contributed by atoms with Gasteiger partial charge in [0.2, 0.25) is 0 Å². The van der Waals surface area contributed by atoms with Gasteiger partial charge in [-0.15, -0.1) is 0 Å². The maximum Gasteiger partial charge on any atom is 0.418 e. The van der Waals surface area contributed by atoms with Gasteiger partial charge < -0.3 is 10.5 Å². The minimum atomic E-state index is -4.62. The van der Waals surface area contributed by atoms with Gasteiger partial charge in [0.1, 0.15) is 5.82 Å². The summed E-state index contributed by atoms with van der Waals surface area (Å²) >= 11 is 2.75. The number of pyridine rings is 1. The zero-order valence-electron chi connectivity index (χ0n) is 9.08. The third-order valence-corrected chi connectivity index (χ3v) is 2.57. The molecular formula is C10H8BrF3N2O2. The van der Waals surface area contributed by atoms with E-state index in [2.05, 4.69) is 25.7 Å². The van der Waals surface area contributed by atoms with E-state index in [1.165, 1.54) is 0 Å². The topological polar surface area (TPSA) is 65.2 Å². The Balaban J connectivity index is 3.37. The van der Waals surface area contributed by atoms with E-state index in [0.29, 0.717) is 0 Å². The van der Waals surface area contributed by atoms with E-state index in [0.717, 1.165) is 25.5 Å². The molecule has 1 rings (SSSR count). The molecule has 0 aliphatic rings. The number of nitrogen functional groups attached to an aromatic ring is 1. The molecule has 0 atom stereocenters. The first-order chi connectivity index (χ1) is 8.27. The van der Waals surface area contributed by atoms with Gasteiger partial charge in [0, 0.05) is 22.3 Å². The molecule has 0 saturated carbocycles. The van der Waals surface area contributed by atoms with Gasteiger partial charge in [-0.05, 0) is 22.0 Å². The molecule has 0 bridgehead atoms. The summed E-state index contributed by atoms with van der Waals surface area (Å²) in [7, 11) is 1.11. The van der Waals surface area contributed by atoms with Gasteiger partial charge in [-0.1, -0.05) is 0 Å². The zero-order valence-corrected chi connectivity index (χ0v) is 10.7. The smallest absolute Gasteiger partial charge is 0.418 e. The van der Waals surface area contributed by atoms with Crippen LogP contribution in [0.4, 0.5) is 19.0 Å². The summed E-state index contributed by atoms with van der Waals surface area (Å²) in [6, 6.07) is 0. The SMILES string of the molecule is COC(=O)C=Cc1c(N)ncc(Br)c1C(F)(F)F. The van der Waals surface area contributed by atoms with Gasteiger partial charge in [0.25, 0.3) is 0 Å². The molecule has 18 heavy (non-hydrogen) atoms. The largest absolute Gasteiger partial charge is 0.466 e. The van der Waals surface area contributed by atoms with Gasteiger partial charge >= 0.3 is 12.1 Å². The number of aromatic nitrogens is 1. The lowest BCUT2D eigenvalue weighted by atomic mass is 10.1. The summed E-state index contributed by atoms with van der Waals surface area (Å²) < 4.78 is 42.5. The molecule has 98 valence electrons. The van der Waals surface area contributed by atoms with Gasteiger partial charge in [0.15, 0.2) is 0 Å². The van der Waals surface area contributed by atoms with Gasteiger partial charge in [-0.2, -0.15) is 13.2 Å². The Labute approximate surface area is 109 Å². The number of hydrogen-bond donors (Lipinski definition) is 1. The molecule has 4 nitrogen and oxygen atoms in total. The molecule has 0 aliphatic heterocycles. The fourth-order valence-electron chi connectivity index (χ4n) is 1.19. The van der Waals surface area contributed by atoms with Gasteiger partial charge in [-0.3, -0.25) is 0 Å². The molecule has 8 heteroatoms. The van der Waals surface area contributed by atoms with Gasteiger partial charge in [0.05, 0.1) is 12.7 Å². The monoisotopic (exact) mass is 324 g/mol. The number of esters is 1. The number of carbonyl (C=O) groups excluding carboxylic acids is 1. The second kappa shape index (κ2) is 5.38. The molecular weight excluding hydrogens is 317 g/mol. The molecule has 2 N–H and O–H groups in total. The van der Waals surface area contributed by atoms with Crippen LogP contribution in [0.2, 0.25) is 0 Å². The first kappa shape index (κ1) is 14.5. The average Bonchev–Trinajstić information content (AvgIpc) is 2.27. The Morgan fingerprint density at radius 3 is 2.67 bits per heavy atom. The second-order valence-electron chi connectivity index (χ2n) is 3.13. The van der Waals surface area contributed by atoms with E-state index in [9.17, 15) is 18.0 Å². The van der Waals surface area contributed by atoms with Crippen molar-refractivity contribution >= 4 is 33.8 Å². The highest BCUT2D eigenvalue weighted by Gasteiger charge is 2.36. The Morgan fingerprint density at radius 2 is 2.17 bits per heavy atom. The Hall–Kier alpha value is -1.57. The van der Waals surface area contributed by atoms with Crippen LogP contribution in [0.3, 0.4) is 0 Å². The van der Waals surface area contributed by atoms with Crippen molar-refractivity contribution in [1.82, 2.24) is 4.98 Å². The fourth-order valence-corrected chi connectivity index (χ4v) is 1.73. The van der Waals surface area contributed by atoms with E-state index in [4.69, 9.17) is 5.73 Å². The lowest BCUT2D eigenvalue weighted by molar-refractivity contribution is -0.138. The van der Waals surface area contributed by atoms with E-state index in [1.807, 2.05) is 0 Å². The Kier molecular flexibility index (Phi) is 4.33. The Bertz CT molecular complexity index is 501. The number of ether oxygens (including phenoxy) is 1. The molecule has 0 aromatic carbocycles. The van der Waals surface area contributed by atoms with E-state index in [1.54, 1.807) is 0 Å². The van der Waals surface area contributed by atoms with Crippen LogP contribution in [0, 0.1) is 0 Å². The number of halogens is 4. The quantitative estimate of drug-likeness (QED) is 0.671. The molecule has 0 fully saturated rings. The van der Waals surface area contributed by atoms with Crippen molar-refractivity contribution in [3.63, 3.8) is 0 Å². The minimum absolute atomic E-state index is 0.256. The van der Waals surface area contributed by atoms with E-state index < -0.39 is 17.7 Å². The summed E-state index contributed by atoms with van der Waals surface area (Å²) in [5.74, 6) is -1.12. The molecule has 0 aliphatic carbocycles. The first-order valence-corrected chi connectivity index (χ1v) is 5.34. The summed E-state index contributed by atoms with van der Waals surface area (Å²) in [6.45, 7) is 0. The minimum Gasteiger partial charge on any atom is -0.466 e. The fraction of sp³-hybridized carbons (Fsp3) is 0.200. The van der Waals surface area contributed by atoms with Crippen LogP contribution < -0.4 is 5.73 Å². The van der Waals surface area contributed by atoms with E-state index in [-0.39, 0.29) is 15.9 Å². The normalized spacial score (nSPS) is 11.8. The van der Waals surface area contributed by atoms with Crippen LogP contribution in [0.1, 0.15) is 11.1 Å². The molecule has 0 amide bonds. The highest BCUT2D eigenvalue weighted by molar-refractivity contribution is 9.10. The summed E-state index contributed by atoms with van der Waals surface area (Å²) in [6.07, 6.45) is -1.91. The molecule has 0 radical (unpaired) electrons. The number of hydrogen-bond acceptors (Lipinski definition) is 4. The van der Waals surface area contributed by atoms with Crippen LogP contribution in [0.15, 0.2) is 16.7 Å². The number of alkyl halides is 3. The van der Waals surface area contributed by atoms with Crippen molar-refractivity contribution in [1.29, 1.82) is 0 Å². The highest BCUT2D eigenvalue weighted by atomic mass is 79.9. The number of methoxy groups -OCH3 is 1. The van der Waals surface area contributed by atoms with Crippen molar-refractivity contribution < 1.29 is 22.7 Å². The van der Waals surface area contributed by atoms with Crippen LogP contribution in [0.25, 0.3) is 6.08 Å². The number of anilines is 1. The predicted molar refractivity (Wildman–Crippen MR) is 62.4 cm³/mol. The summed E-state index contributed by atoms with van der Waals surface area (Å²) in [5, 5.41) is 0. The predicted octanol–water partition coefficient (Wildman–Crippen LogP) is 2.63. The standard InChI is InChI=1S/C10H8BrF3N2O2/c1-18-7(17)3-2-5-8(10(12,13)14)6(11)4-16-9(5)15/h2-4H,1H3,(H2,15,16). The van der Waals surface area contributed by atoms with Gasteiger partial charge in [-0.25, -0.2) is 9.78 Å². The maximum atomic E-state index is 12.8. The van der Waals surface area contributed by atoms with Crippen molar-refractivity contribution in [3.8, 4) is 0 Å². The number of nitrogens with two attached hydrogens (primary N) is 1. The van der Waals surface area contributed by atoms with E-state index >= 15 is 0 Å². The maximum absolute atomic E-state index is 12.8. The summed E-state index contributed by atoms with van der Waals surface area (Å²) in [4.78, 5) is 14.5. The molecule has 1 aromatic heterocycles. The molecule has 0 spiro atoms. The number of nitrogens with zero attached hydrogens (tertiary/aromatic N) is 1. The zero-order chi connectivity index (χ0) is 13.9. The third kappa shape index (κ3) is 3.22. The van der Waals surface area contributed by atoms with Crippen molar-refractivity contribution in [2.45, 2.75) is 6.18 Å². The van der Waals surface area contributed by atoms with Crippen LogP contribution in [-0.2, 0) is 15.7 Å². The molecule has 0 saturated heterocycles. The second-order valence-corrected chi connectivity index (χ2v) is 3.99. The van der Waals surface area contributed by atoms with Crippen LogP contribution in [0.5, 0.6) is 0 Å². The number of rotatable bonds is 2. The molecule has 1 heterocycles. The molecule has 0 unspecified atom stereocenters. The van der Waals surface area contributed by atoms with Crippen molar-refractivity contribution in [2.75, 3.05) is 12.8 Å². The molecule has 1 aromatic rings. The number of carbonyl (C=O) groups is 1. The third-order valence-electron chi connectivity index (χ3n) is 1.97. The van der Waals surface area contributed by atoms with Crippen molar-refractivity contribution in [2.24, 2.45) is 0 Å². The summed E-state index contributed by atoms with van der Waals surface area (Å²) in [5.41, 5.74) is 4.00. The van der Waals surface area contributed by atoms with Crippen LogP contribution >= 0.6 is 15.9 Å². The lowest BCUT2D eigenvalue weighted by Crippen LogP contribution is -2.11.